The lowest BCUT2D eigenvalue weighted by atomic mass is 9.97. The number of rotatable bonds is 4. The molecule has 2 aliphatic heterocycles. The van der Waals surface area contributed by atoms with Crippen LogP contribution < -0.4 is 4.90 Å². The van der Waals surface area contributed by atoms with Gasteiger partial charge in [-0.3, -0.25) is 4.90 Å². The van der Waals surface area contributed by atoms with Gasteiger partial charge in [-0.25, -0.2) is 4.98 Å². The molecule has 2 saturated heterocycles. The van der Waals surface area contributed by atoms with E-state index in [9.17, 15) is 5.11 Å². The Labute approximate surface area is 133 Å². The van der Waals surface area contributed by atoms with Crippen molar-refractivity contribution >= 4 is 5.82 Å². The predicted octanol–water partition coefficient (Wildman–Crippen LogP) is 1.04. The zero-order valence-electron chi connectivity index (χ0n) is 13.6. The normalized spacial score (nSPS) is 22.2. The van der Waals surface area contributed by atoms with Crippen molar-refractivity contribution in [3.05, 3.63) is 23.9 Å². The molecule has 5 heteroatoms. The van der Waals surface area contributed by atoms with Gasteiger partial charge in [0.15, 0.2) is 0 Å². The van der Waals surface area contributed by atoms with E-state index in [0.29, 0.717) is 12.5 Å². The molecule has 0 atom stereocenters. The topological polar surface area (TPSA) is 42.8 Å². The first kappa shape index (κ1) is 15.7. The highest BCUT2D eigenvalue weighted by Gasteiger charge is 2.22. The maximum absolute atomic E-state index is 9.30. The summed E-state index contributed by atoms with van der Waals surface area (Å²) >= 11 is 0. The summed E-state index contributed by atoms with van der Waals surface area (Å²) in [5.41, 5.74) is 1.34. The summed E-state index contributed by atoms with van der Waals surface area (Å²) in [5, 5.41) is 9.30. The Hall–Kier alpha value is -1.17. The van der Waals surface area contributed by atoms with Crippen LogP contribution in [0.5, 0.6) is 0 Å². The first-order valence-electron chi connectivity index (χ1n) is 8.47. The Morgan fingerprint density at radius 1 is 1.14 bits per heavy atom. The molecule has 3 heterocycles. The third-order valence-electron chi connectivity index (χ3n) is 5.03. The molecule has 3 rings (SSSR count). The van der Waals surface area contributed by atoms with Gasteiger partial charge < -0.3 is 14.9 Å². The molecular formula is C17H28N4O. The Bertz CT molecular complexity index is 465. The quantitative estimate of drug-likeness (QED) is 0.900. The summed E-state index contributed by atoms with van der Waals surface area (Å²) in [5.74, 6) is 1.62. The van der Waals surface area contributed by atoms with Crippen LogP contribution >= 0.6 is 0 Å². The SMILES string of the molecule is CN1CCN(Cc2cccnc2N2CCC(CO)CC2)CC1. The van der Waals surface area contributed by atoms with E-state index in [1.807, 2.05) is 6.20 Å². The molecule has 0 aliphatic carbocycles. The summed E-state index contributed by atoms with van der Waals surface area (Å²) in [6.07, 6.45) is 4.04. The van der Waals surface area contributed by atoms with Gasteiger partial charge in [0.05, 0.1) is 0 Å². The Balaban J connectivity index is 1.65. The standard InChI is InChI=1S/C17H28N4O/c1-19-9-11-20(12-10-19)13-16-3-2-6-18-17(16)21-7-4-15(14-22)5-8-21/h2-3,6,15,22H,4-5,7-14H2,1H3. The van der Waals surface area contributed by atoms with Crippen molar-refractivity contribution in [2.45, 2.75) is 19.4 Å². The van der Waals surface area contributed by atoms with Crippen molar-refractivity contribution in [1.82, 2.24) is 14.8 Å². The van der Waals surface area contributed by atoms with Gasteiger partial charge in [0.1, 0.15) is 5.82 Å². The zero-order chi connectivity index (χ0) is 15.4. The fraction of sp³-hybridized carbons (Fsp3) is 0.706. The second-order valence-corrected chi connectivity index (χ2v) is 6.68. The maximum atomic E-state index is 9.30. The van der Waals surface area contributed by atoms with E-state index in [2.05, 4.69) is 38.9 Å². The van der Waals surface area contributed by atoms with Gasteiger partial charge in [-0.2, -0.15) is 0 Å². The molecule has 1 aromatic heterocycles. The molecule has 0 radical (unpaired) electrons. The third-order valence-corrected chi connectivity index (χ3v) is 5.03. The smallest absolute Gasteiger partial charge is 0.133 e. The van der Waals surface area contributed by atoms with E-state index in [-0.39, 0.29) is 0 Å². The van der Waals surface area contributed by atoms with Crippen LogP contribution in [0.25, 0.3) is 0 Å². The molecule has 1 aromatic rings. The molecule has 22 heavy (non-hydrogen) atoms. The number of anilines is 1. The lowest BCUT2D eigenvalue weighted by molar-refractivity contribution is 0.148. The monoisotopic (exact) mass is 304 g/mol. The fourth-order valence-corrected chi connectivity index (χ4v) is 3.41. The maximum Gasteiger partial charge on any atom is 0.133 e. The summed E-state index contributed by atoms with van der Waals surface area (Å²) in [7, 11) is 2.19. The summed E-state index contributed by atoms with van der Waals surface area (Å²) in [6, 6.07) is 4.27. The molecule has 0 bridgehead atoms. The molecule has 2 aliphatic rings. The first-order valence-corrected chi connectivity index (χ1v) is 8.47. The van der Waals surface area contributed by atoms with Crippen molar-refractivity contribution in [3.63, 3.8) is 0 Å². The van der Waals surface area contributed by atoms with E-state index in [1.165, 1.54) is 5.56 Å². The van der Waals surface area contributed by atoms with Crippen LogP contribution in [0.1, 0.15) is 18.4 Å². The molecule has 0 amide bonds. The number of piperidine rings is 1. The minimum absolute atomic E-state index is 0.324. The van der Waals surface area contributed by atoms with Crippen LogP contribution in [0, 0.1) is 5.92 Å². The zero-order valence-corrected chi connectivity index (χ0v) is 13.6. The van der Waals surface area contributed by atoms with Crippen LogP contribution in [-0.4, -0.2) is 72.8 Å². The average Bonchev–Trinajstić information content (AvgIpc) is 2.58. The third kappa shape index (κ3) is 3.77. The Kier molecular flexibility index (Phi) is 5.28. The molecule has 0 spiro atoms. The van der Waals surface area contributed by atoms with Gasteiger partial charge in [-0.1, -0.05) is 6.07 Å². The molecule has 1 N–H and O–H groups in total. The van der Waals surface area contributed by atoms with Gasteiger partial charge in [0.2, 0.25) is 0 Å². The van der Waals surface area contributed by atoms with Crippen LogP contribution in [-0.2, 0) is 6.54 Å². The van der Waals surface area contributed by atoms with Crippen LogP contribution in [0.15, 0.2) is 18.3 Å². The lowest BCUT2D eigenvalue weighted by Crippen LogP contribution is -2.44. The molecule has 122 valence electrons. The Morgan fingerprint density at radius 3 is 2.55 bits per heavy atom. The average molecular weight is 304 g/mol. The van der Waals surface area contributed by atoms with Crippen molar-refractivity contribution in [2.24, 2.45) is 5.92 Å². The second kappa shape index (κ2) is 7.40. The number of aliphatic hydroxyl groups is 1. The van der Waals surface area contributed by atoms with E-state index in [4.69, 9.17) is 0 Å². The number of likely N-dealkylation sites (N-methyl/N-ethyl adjacent to an activating group) is 1. The van der Waals surface area contributed by atoms with Crippen molar-refractivity contribution in [1.29, 1.82) is 0 Å². The molecular weight excluding hydrogens is 276 g/mol. The van der Waals surface area contributed by atoms with Crippen LogP contribution in [0.4, 0.5) is 5.82 Å². The van der Waals surface area contributed by atoms with E-state index < -0.39 is 0 Å². The fourth-order valence-electron chi connectivity index (χ4n) is 3.41. The number of aliphatic hydroxyl groups excluding tert-OH is 1. The molecule has 5 nitrogen and oxygen atoms in total. The highest BCUT2D eigenvalue weighted by Crippen LogP contribution is 2.25. The van der Waals surface area contributed by atoms with Crippen molar-refractivity contribution < 1.29 is 5.11 Å². The van der Waals surface area contributed by atoms with Crippen molar-refractivity contribution in [2.75, 3.05) is 57.8 Å². The van der Waals surface area contributed by atoms with Gasteiger partial charge in [0, 0.05) is 64.2 Å². The highest BCUT2D eigenvalue weighted by molar-refractivity contribution is 5.47. The number of nitrogens with zero attached hydrogens (tertiary/aromatic N) is 4. The van der Waals surface area contributed by atoms with Gasteiger partial charge >= 0.3 is 0 Å². The highest BCUT2D eigenvalue weighted by atomic mass is 16.3. The van der Waals surface area contributed by atoms with Crippen LogP contribution in [0.2, 0.25) is 0 Å². The predicted molar refractivity (Wildman–Crippen MR) is 89.0 cm³/mol. The number of hydrogen-bond donors (Lipinski definition) is 1. The number of aromatic nitrogens is 1. The number of piperazine rings is 1. The second-order valence-electron chi connectivity index (χ2n) is 6.68. The summed E-state index contributed by atoms with van der Waals surface area (Å²) < 4.78 is 0. The van der Waals surface area contributed by atoms with Gasteiger partial charge in [-0.05, 0) is 31.9 Å². The summed E-state index contributed by atoms with van der Waals surface area (Å²) in [4.78, 5) is 12.0. The van der Waals surface area contributed by atoms with E-state index >= 15 is 0 Å². The number of hydrogen-bond acceptors (Lipinski definition) is 5. The minimum atomic E-state index is 0.324. The van der Waals surface area contributed by atoms with Crippen molar-refractivity contribution in [3.8, 4) is 0 Å². The molecule has 2 fully saturated rings. The molecule has 0 unspecified atom stereocenters. The molecule has 0 saturated carbocycles. The Morgan fingerprint density at radius 2 is 1.86 bits per heavy atom. The molecule has 0 aromatic carbocycles. The van der Waals surface area contributed by atoms with Gasteiger partial charge in [-0.15, -0.1) is 0 Å². The first-order chi connectivity index (χ1) is 10.8. The largest absolute Gasteiger partial charge is 0.396 e. The van der Waals surface area contributed by atoms with Crippen LogP contribution in [0.3, 0.4) is 0 Å². The minimum Gasteiger partial charge on any atom is -0.396 e. The van der Waals surface area contributed by atoms with Gasteiger partial charge in [0.25, 0.3) is 0 Å². The lowest BCUT2D eigenvalue weighted by Gasteiger charge is -2.35. The summed E-state index contributed by atoms with van der Waals surface area (Å²) in [6.45, 7) is 7.92. The van der Waals surface area contributed by atoms with E-state index in [0.717, 1.165) is 64.5 Å². The number of pyridine rings is 1. The van der Waals surface area contributed by atoms with E-state index in [1.54, 1.807) is 0 Å².